The Morgan fingerprint density at radius 2 is 1.12 bits per heavy atom. The topological polar surface area (TPSA) is 133 Å². The van der Waals surface area contributed by atoms with Gasteiger partial charge in [-0.1, -0.05) is 97.9 Å². The van der Waals surface area contributed by atoms with Crippen LogP contribution in [0.5, 0.6) is 5.75 Å². The first-order chi connectivity index (χ1) is 27.7. The quantitative estimate of drug-likeness (QED) is 0.0783. The first-order valence-electron chi connectivity index (χ1n) is 18.6. The van der Waals surface area contributed by atoms with Gasteiger partial charge in [-0.15, -0.1) is 0 Å². The summed E-state index contributed by atoms with van der Waals surface area (Å²) in [6, 6.07) is 38.7. The van der Waals surface area contributed by atoms with Crippen LogP contribution in [0.3, 0.4) is 0 Å². The molecule has 0 aliphatic carbocycles. The van der Waals surface area contributed by atoms with Gasteiger partial charge in [0.2, 0.25) is 12.4 Å². The van der Waals surface area contributed by atoms with Crippen molar-refractivity contribution < 1.29 is 52.3 Å². The van der Waals surface area contributed by atoms with Crippen molar-refractivity contribution in [3.8, 4) is 5.75 Å². The van der Waals surface area contributed by atoms with E-state index in [1.54, 1.807) is 97.1 Å². The molecule has 57 heavy (non-hydrogen) atoms. The van der Waals surface area contributed by atoms with Crippen LogP contribution in [0.25, 0.3) is 0 Å². The van der Waals surface area contributed by atoms with Crippen molar-refractivity contribution >= 4 is 23.9 Å². The predicted octanol–water partition coefficient (Wildman–Crippen LogP) is 7.33. The molecule has 0 spiro atoms. The number of hydrogen-bond acceptors (Lipinski definition) is 11. The van der Waals surface area contributed by atoms with E-state index in [-0.39, 0.29) is 24.3 Å². The van der Waals surface area contributed by atoms with Crippen molar-refractivity contribution in [3.63, 3.8) is 0 Å². The molecule has 0 radical (unpaired) electrons. The minimum Gasteiger partial charge on any atom is -0.461 e. The number of hydrogen-bond donors (Lipinski definition) is 0. The molecule has 0 saturated carbocycles. The maximum atomic E-state index is 13.8. The van der Waals surface area contributed by atoms with Gasteiger partial charge >= 0.3 is 23.9 Å². The highest BCUT2D eigenvalue weighted by molar-refractivity contribution is 5.90. The molecule has 0 bridgehead atoms. The number of aryl methyl sites for hydroxylation is 1. The van der Waals surface area contributed by atoms with E-state index in [2.05, 4.69) is 19.1 Å². The third-order valence-electron chi connectivity index (χ3n) is 9.40. The summed E-state index contributed by atoms with van der Waals surface area (Å²) < 4.78 is 42.5. The maximum Gasteiger partial charge on any atom is 0.338 e. The zero-order valence-corrected chi connectivity index (χ0v) is 31.9. The van der Waals surface area contributed by atoms with E-state index >= 15 is 0 Å². The first kappa shape index (κ1) is 40.4. The summed E-state index contributed by atoms with van der Waals surface area (Å²) in [5, 5.41) is 0. The van der Waals surface area contributed by atoms with Crippen molar-refractivity contribution in [1.29, 1.82) is 0 Å². The molecule has 1 aliphatic rings. The number of rotatable bonds is 15. The molecule has 1 fully saturated rings. The van der Waals surface area contributed by atoms with Crippen LogP contribution in [0.15, 0.2) is 133 Å². The maximum absolute atomic E-state index is 13.8. The van der Waals surface area contributed by atoms with Gasteiger partial charge < -0.3 is 33.2 Å². The lowest BCUT2D eigenvalue weighted by molar-refractivity contribution is -0.280. The van der Waals surface area contributed by atoms with E-state index in [4.69, 9.17) is 33.2 Å². The number of benzene rings is 5. The van der Waals surface area contributed by atoms with Gasteiger partial charge in [-0.2, -0.15) is 0 Å². The Labute approximate surface area is 331 Å². The second-order valence-corrected chi connectivity index (χ2v) is 13.4. The number of ether oxygens (including phenoxy) is 7. The Morgan fingerprint density at radius 3 is 1.67 bits per heavy atom. The monoisotopic (exact) mass is 772 g/mol. The zero-order chi connectivity index (χ0) is 40.1. The molecule has 5 aromatic rings. The standard InChI is InChI=1S/C46H44O11/c1-4-31-20-22-32(23-21-31)26-37-25-24-33(28-52-30(2)47)27-38(37)54-46-42(57-45(50)36-18-12-7-13-19-36)41(56-44(49)35-16-10-6-11-17-35)40(51-3)39(55-46)29-53-43(48)34-14-8-5-9-15-34/h5-25,27,39-42,46H,4,26,28-29H2,1-3H3/t39-,40-,41+,42-,46-/m1/s1. The van der Waals surface area contributed by atoms with E-state index in [0.29, 0.717) is 23.3 Å². The van der Waals surface area contributed by atoms with Crippen LogP contribution in [-0.4, -0.2) is 68.3 Å². The molecular weight excluding hydrogens is 728 g/mol. The first-order valence-corrected chi connectivity index (χ1v) is 18.6. The lowest BCUT2D eigenvalue weighted by Crippen LogP contribution is -2.63. The number of carbonyl (C=O) groups excluding carboxylic acids is 4. The van der Waals surface area contributed by atoms with E-state index in [1.807, 2.05) is 24.3 Å². The Balaban J connectivity index is 1.41. The molecule has 11 heteroatoms. The lowest BCUT2D eigenvalue weighted by Gasteiger charge is -2.44. The molecule has 0 aromatic heterocycles. The molecule has 294 valence electrons. The summed E-state index contributed by atoms with van der Waals surface area (Å²) >= 11 is 0. The third-order valence-corrected chi connectivity index (χ3v) is 9.40. The average molecular weight is 773 g/mol. The minimum atomic E-state index is -1.44. The summed E-state index contributed by atoms with van der Waals surface area (Å²) in [7, 11) is 1.39. The fourth-order valence-electron chi connectivity index (χ4n) is 6.37. The number of esters is 4. The van der Waals surface area contributed by atoms with E-state index in [0.717, 1.165) is 17.5 Å². The number of carbonyl (C=O) groups is 4. The van der Waals surface area contributed by atoms with Crippen LogP contribution in [-0.2, 0) is 52.7 Å². The van der Waals surface area contributed by atoms with Crippen molar-refractivity contribution in [2.24, 2.45) is 0 Å². The van der Waals surface area contributed by atoms with E-state index in [1.165, 1.54) is 19.6 Å². The van der Waals surface area contributed by atoms with Gasteiger partial charge in [0.1, 0.15) is 31.2 Å². The molecule has 6 rings (SSSR count). The van der Waals surface area contributed by atoms with E-state index in [9.17, 15) is 19.2 Å². The third kappa shape index (κ3) is 10.7. The summed E-state index contributed by atoms with van der Waals surface area (Å²) in [5.41, 5.74) is 4.34. The molecule has 0 unspecified atom stereocenters. The van der Waals surface area contributed by atoms with Gasteiger partial charge in [0.25, 0.3) is 0 Å². The zero-order valence-electron chi connectivity index (χ0n) is 31.9. The van der Waals surface area contributed by atoms with E-state index < -0.39 is 54.6 Å². The molecule has 5 aromatic carbocycles. The molecule has 5 atom stereocenters. The summed E-state index contributed by atoms with van der Waals surface area (Å²) in [5.74, 6) is -2.20. The van der Waals surface area contributed by atoms with Gasteiger partial charge in [0.15, 0.2) is 6.10 Å². The lowest BCUT2D eigenvalue weighted by atomic mass is 9.97. The summed E-state index contributed by atoms with van der Waals surface area (Å²) in [6.07, 6.45) is -5.04. The van der Waals surface area contributed by atoms with Gasteiger partial charge in [-0.3, -0.25) is 4.79 Å². The molecule has 11 nitrogen and oxygen atoms in total. The van der Waals surface area contributed by atoms with Crippen LogP contribution >= 0.6 is 0 Å². The van der Waals surface area contributed by atoms with Crippen molar-refractivity contribution in [3.05, 3.63) is 172 Å². The Hall–Kier alpha value is -6.30. The fraction of sp³-hybridized carbons (Fsp3) is 0.261. The van der Waals surface area contributed by atoms with Gasteiger partial charge in [0, 0.05) is 20.5 Å². The SMILES string of the molecule is CCc1ccc(Cc2ccc(COC(C)=O)cc2O[C@@H]2O[C@H](COC(=O)c3ccccc3)[C@@H](OC)[C@H](OC(=O)c3ccccc3)[C@H]2OC(=O)c2ccccc2)cc1. The molecule has 1 heterocycles. The highest BCUT2D eigenvalue weighted by Crippen LogP contribution is 2.34. The molecule has 0 amide bonds. The minimum absolute atomic E-state index is 0.0315. The summed E-state index contributed by atoms with van der Waals surface area (Å²) in [6.45, 7) is 3.04. The molecule has 1 aliphatic heterocycles. The Kier molecular flexibility index (Phi) is 13.8. The second-order valence-electron chi connectivity index (χ2n) is 13.4. The van der Waals surface area contributed by atoms with Crippen LogP contribution in [0.1, 0.15) is 67.2 Å². The normalized spacial score (nSPS) is 18.8. The second kappa shape index (κ2) is 19.5. The van der Waals surface area contributed by atoms with Gasteiger partial charge in [0.05, 0.1) is 16.7 Å². The number of methoxy groups -OCH3 is 1. The molecule has 0 N–H and O–H groups in total. The van der Waals surface area contributed by atoms with Crippen LogP contribution in [0, 0.1) is 0 Å². The van der Waals surface area contributed by atoms with Crippen LogP contribution in [0.2, 0.25) is 0 Å². The smallest absolute Gasteiger partial charge is 0.338 e. The fourth-order valence-corrected chi connectivity index (χ4v) is 6.37. The van der Waals surface area contributed by atoms with Crippen molar-refractivity contribution in [1.82, 2.24) is 0 Å². The van der Waals surface area contributed by atoms with Crippen molar-refractivity contribution in [2.75, 3.05) is 13.7 Å². The Morgan fingerprint density at radius 1 is 0.596 bits per heavy atom. The molecular formula is C46H44O11. The summed E-state index contributed by atoms with van der Waals surface area (Å²) in [4.78, 5) is 52.4. The van der Waals surface area contributed by atoms with Crippen LogP contribution < -0.4 is 4.74 Å². The largest absolute Gasteiger partial charge is 0.461 e. The van der Waals surface area contributed by atoms with Crippen LogP contribution in [0.4, 0.5) is 0 Å². The highest BCUT2D eigenvalue weighted by Gasteiger charge is 2.52. The molecule has 1 saturated heterocycles. The predicted molar refractivity (Wildman–Crippen MR) is 209 cm³/mol. The van der Waals surface area contributed by atoms with Gasteiger partial charge in [-0.25, -0.2) is 14.4 Å². The van der Waals surface area contributed by atoms with Crippen molar-refractivity contribution in [2.45, 2.75) is 64.0 Å². The average Bonchev–Trinajstić information content (AvgIpc) is 3.25. The highest BCUT2D eigenvalue weighted by atomic mass is 16.7. The van der Waals surface area contributed by atoms with Gasteiger partial charge in [-0.05, 0) is 71.1 Å². The Bertz CT molecular complexity index is 2100.